The molecule has 3 rings (SSSR count). The van der Waals surface area contributed by atoms with Crippen molar-refractivity contribution in [1.29, 1.82) is 0 Å². The van der Waals surface area contributed by atoms with Crippen LogP contribution in [0.15, 0.2) is 12.1 Å². The van der Waals surface area contributed by atoms with E-state index in [1.807, 2.05) is 26.8 Å². The molecule has 0 aromatic heterocycles. The molecule has 0 unspecified atom stereocenters. The Hall–Kier alpha value is -1.39. The molecule has 2 heterocycles. The van der Waals surface area contributed by atoms with Gasteiger partial charge in [-0.3, -0.25) is 4.79 Å². The lowest BCUT2D eigenvalue weighted by Crippen LogP contribution is -2.47. The molecule has 1 aromatic carbocycles. The Bertz CT molecular complexity index is 532. The van der Waals surface area contributed by atoms with E-state index < -0.39 is 5.79 Å². The maximum absolute atomic E-state index is 12.7. The van der Waals surface area contributed by atoms with E-state index in [1.165, 1.54) is 0 Å². The molecule has 4 heteroatoms. The summed E-state index contributed by atoms with van der Waals surface area (Å²) < 4.78 is 11.6. The average Bonchev–Trinajstić information content (AvgIpc) is 2.62. The fourth-order valence-corrected chi connectivity index (χ4v) is 3.08. The summed E-state index contributed by atoms with van der Waals surface area (Å²) in [7, 11) is 0. The van der Waals surface area contributed by atoms with Crippen molar-refractivity contribution in [3.05, 3.63) is 28.8 Å². The van der Waals surface area contributed by atoms with E-state index in [4.69, 9.17) is 9.47 Å². The molecule has 0 saturated carbocycles. The number of benzene rings is 1. The van der Waals surface area contributed by atoms with Gasteiger partial charge in [-0.25, -0.2) is 0 Å². The minimum atomic E-state index is -1.19. The van der Waals surface area contributed by atoms with E-state index >= 15 is 0 Å². The quantitative estimate of drug-likeness (QED) is 0.778. The highest BCUT2D eigenvalue weighted by Crippen LogP contribution is 2.46. The molecule has 2 aliphatic heterocycles. The van der Waals surface area contributed by atoms with Crippen molar-refractivity contribution in [3.8, 4) is 0 Å². The van der Waals surface area contributed by atoms with Crippen LogP contribution >= 0.6 is 0 Å². The van der Waals surface area contributed by atoms with Gasteiger partial charge in [0.15, 0.2) is 0 Å². The van der Waals surface area contributed by atoms with Gasteiger partial charge in [0.25, 0.3) is 11.7 Å². The molecule has 4 nitrogen and oxygen atoms in total. The fourth-order valence-electron chi connectivity index (χ4n) is 3.08. The van der Waals surface area contributed by atoms with Crippen LogP contribution in [0.25, 0.3) is 0 Å². The molecule has 0 bridgehead atoms. The van der Waals surface area contributed by atoms with Crippen LogP contribution in [0.2, 0.25) is 0 Å². The number of nitrogens with zero attached hydrogens (tertiary/aromatic N) is 1. The summed E-state index contributed by atoms with van der Waals surface area (Å²) in [4.78, 5) is 14.5. The fraction of sp³-hybridized carbons (Fsp3) is 0.533. The number of rotatable bonds is 1. The lowest BCUT2D eigenvalue weighted by atomic mass is 10.00. The van der Waals surface area contributed by atoms with Crippen LogP contribution in [-0.4, -0.2) is 25.7 Å². The SMILES string of the molecule is CCN1C(=O)C2(OCCCO2)c2cc(C)cc(C)c21. The summed E-state index contributed by atoms with van der Waals surface area (Å²) in [5, 5.41) is 0. The molecular formula is C15H19NO3. The van der Waals surface area contributed by atoms with Crippen molar-refractivity contribution in [2.75, 3.05) is 24.7 Å². The third-order valence-electron chi connectivity index (χ3n) is 3.81. The highest BCUT2D eigenvalue weighted by atomic mass is 16.7. The Kier molecular flexibility index (Phi) is 2.87. The van der Waals surface area contributed by atoms with E-state index in [9.17, 15) is 4.79 Å². The zero-order valence-corrected chi connectivity index (χ0v) is 11.7. The molecule has 0 aliphatic carbocycles. The lowest BCUT2D eigenvalue weighted by molar-refractivity contribution is -0.256. The molecule has 2 aliphatic rings. The van der Waals surface area contributed by atoms with Crippen molar-refractivity contribution in [2.45, 2.75) is 33.0 Å². The number of amides is 1. The Morgan fingerprint density at radius 1 is 1.26 bits per heavy atom. The number of hydrogen-bond acceptors (Lipinski definition) is 3. The minimum absolute atomic E-state index is 0.0848. The molecule has 19 heavy (non-hydrogen) atoms. The molecule has 1 amide bonds. The van der Waals surface area contributed by atoms with E-state index in [1.54, 1.807) is 4.90 Å². The second-order valence-electron chi connectivity index (χ2n) is 5.19. The van der Waals surface area contributed by atoms with Crippen LogP contribution in [0.3, 0.4) is 0 Å². The van der Waals surface area contributed by atoms with Crippen LogP contribution < -0.4 is 4.90 Å². The maximum Gasteiger partial charge on any atom is 0.292 e. The van der Waals surface area contributed by atoms with Crippen molar-refractivity contribution in [1.82, 2.24) is 0 Å². The van der Waals surface area contributed by atoms with Gasteiger partial charge in [0.05, 0.1) is 18.9 Å². The number of carbonyl (C=O) groups excluding carboxylic acids is 1. The van der Waals surface area contributed by atoms with Gasteiger partial charge in [-0.15, -0.1) is 0 Å². The molecule has 102 valence electrons. The first kappa shape index (κ1) is 12.6. The largest absolute Gasteiger partial charge is 0.338 e. The summed E-state index contributed by atoms with van der Waals surface area (Å²) in [5.41, 5.74) is 4.05. The predicted molar refractivity (Wildman–Crippen MR) is 72.1 cm³/mol. The monoisotopic (exact) mass is 261 g/mol. The Morgan fingerprint density at radius 2 is 1.95 bits per heavy atom. The summed E-state index contributed by atoms with van der Waals surface area (Å²) in [6.45, 7) is 7.80. The number of hydrogen-bond donors (Lipinski definition) is 0. The Labute approximate surface area is 113 Å². The van der Waals surface area contributed by atoms with Gasteiger partial charge in [0.2, 0.25) is 0 Å². The number of likely N-dealkylation sites (N-methyl/N-ethyl adjacent to an activating group) is 1. The first-order valence-corrected chi connectivity index (χ1v) is 6.81. The van der Waals surface area contributed by atoms with E-state index in [0.717, 1.165) is 28.8 Å². The summed E-state index contributed by atoms with van der Waals surface area (Å²) >= 11 is 0. The van der Waals surface area contributed by atoms with Crippen molar-refractivity contribution in [3.63, 3.8) is 0 Å². The Morgan fingerprint density at radius 3 is 2.58 bits per heavy atom. The number of ether oxygens (including phenoxy) is 2. The van der Waals surface area contributed by atoms with Crippen LogP contribution in [0.4, 0.5) is 5.69 Å². The summed E-state index contributed by atoms with van der Waals surface area (Å²) in [6.07, 6.45) is 0.835. The lowest BCUT2D eigenvalue weighted by Gasteiger charge is -2.32. The van der Waals surface area contributed by atoms with Gasteiger partial charge in [-0.2, -0.15) is 0 Å². The van der Waals surface area contributed by atoms with E-state index in [2.05, 4.69) is 6.07 Å². The van der Waals surface area contributed by atoms with Crippen LogP contribution in [0, 0.1) is 13.8 Å². The third-order valence-corrected chi connectivity index (χ3v) is 3.81. The van der Waals surface area contributed by atoms with Crippen LogP contribution in [0.1, 0.15) is 30.0 Å². The molecule has 1 fully saturated rings. The number of anilines is 1. The summed E-state index contributed by atoms with van der Waals surface area (Å²) in [5.74, 6) is -1.28. The first-order valence-electron chi connectivity index (χ1n) is 6.81. The highest BCUT2D eigenvalue weighted by molar-refractivity contribution is 6.07. The number of carbonyl (C=O) groups is 1. The molecule has 1 spiro atoms. The minimum Gasteiger partial charge on any atom is -0.338 e. The average molecular weight is 261 g/mol. The maximum atomic E-state index is 12.7. The smallest absolute Gasteiger partial charge is 0.292 e. The van der Waals surface area contributed by atoms with Gasteiger partial charge in [-0.05, 0) is 38.8 Å². The van der Waals surface area contributed by atoms with Crippen molar-refractivity contribution < 1.29 is 14.3 Å². The molecular weight excluding hydrogens is 242 g/mol. The second kappa shape index (κ2) is 4.32. The molecule has 0 radical (unpaired) electrons. The Balaban J connectivity index is 2.22. The van der Waals surface area contributed by atoms with Gasteiger partial charge < -0.3 is 14.4 Å². The number of aryl methyl sites for hydroxylation is 2. The third kappa shape index (κ3) is 1.63. The predicted octanol–water partition coefficient (Wildman–Crippen LogP) is 2.26. The first-order chi connectivity index (χ1) is 9.10. The molecule has 1 saturated heterocycles. The van der Waals surface area contributed by atoms with Crippen LogP contribution in [-0.2, 0) is 20.1 Å². The number of fused-ring (bicyclic) bond motifs is 2. The van der Waals surface area contributed by atoms with Crippen molar-refractivity contribution >= 4 is 11.6 Å². The van der Waals surface area contributed by atoms with E-state index in [-0.39, 0.29) is 5.91 Å². The van der Waals surface area contributed by atoms with Gasteiger partial charge >= 0.3 is 0 Å². The van der Waals surface area contributed by atoms with E-state index in [0.29, 0.717) is 19.8 Å². The molecule has 0 atom stereocenters. The highest BCUT2D eigenvalue weighted by Gasteiger charge is 2.54. The normalized spacial score (nSPS) is 21.0. The zero-order valence-electron chi connectivity index (χ0n) is 11.7. The standard InChI is InChI=1S/C15H19NO3/c1-4-16-13-11(3)8-10(2)9-12(13)15(14(16)17)18-6-5-7-19-15/h8-9H,4-7H2,1-3H3. The van der Waals surface area contributed by atoms with Crippen LogP contribution in [0.5, 0.6) is 0 Å². The van der Waals surface area contributed by atoms with Gasteiger partial charge in [-0.1, -0.05) is 11.6 Å². The molecule has 1 aromatic rings. The van der Waals surface area contributed by atoms with Gasteiger partial charge in [0, 0.05) is 12.1 Å². The van der Waals surface area contributed by atoms with Gasteiger partial charge in [0.1, 0.15) is 0 Å². The second-order valence-corrected chi connectivity index (χ2v) is 5.19. The van der Waals surface area contributed by atoms with Crippen molar-refractivity contribution in [2.24, 2.45) is 0 Å². The molecule has 0 N–H and O–H groups in total. The zero-order chi connectivity index (χ0) is 13.6. The topological polar surface area (TPSA) is 38.8 Å². The summed E-state index contributed by atoms with van der Waals surface area (Å²) in [6, 6.07) is 4.11.